The lowest BCUT2D eigenvalue weighted by Crippen LogP contribution is -2.38. The van der Waals surface area contributed by atoms with Gasteiger partial charge in [-0.3, -0.25) is 5.10 Å². The molecule has 0 atom stereocenters. The van der Waals surface area contributed by atoms with Gasteiger partial charge in [0.25, 0.3) is 0 Å². The number of nitrogens with zero attached hydrogens (tertiary/aromatic N) is 3. The van der Waals surface area contributed by atoms with E-state index in [1.165, 1.54) is 11.9 Å². The van der Waals surface area contributed by atoms with E-state index < -0.39 is 0 Å². The van der Waals surface area contributed by atoms with Crippen LogP contribution >= 0.6 is 24.0 Å². The highest BCUT2D eigenvalue weighted by Crippen LogP contribution is 2.19. The minimum Gasteiger partial charge on any atom is -0.496 e. The predicted molar refractivity (Wildman–Crippen MR) is 131 cm³/mol. The minimum atomic E-state index is 0. The van der Waals surface area contributed by atoms with Crippen LogP contribution in [0, 0.1) is 6.92 Å². The molecule has 0 bridgehead atoms. The van der Waals surface area contributed by atoms with Gasteiger partial charge in [0.2, 0.25) is 0 Å². The van der Waals surface area contributed by atoms with Gasteiger partial charge in [0, 0.05) is 18.7 Å². The number of aromatic nitrogens is 3. The van der Waals surface area contributed by atoms with Crippen molar-refractivity contribution in [1.29, 1.82) is 0 Å². The Bertz CT molecular complexity index is 943. The Kier molecular flexibility index (Phi) is 9.59. The molecule has 7 nitrogen and oxygen atoms in total. The van der Waals surface area contributed by atoms with Gasteiger partial charge >= 0.3 is 0 Å². The maximum atomic E-state index is 5.41. The Morgan fingerprint density at radius 2 is 2.00 bits per heavy atom. The summed E-state index contributed by atoms with van der Waals surface area (Å²) in [7, 11) is 1.71. The first-order valence-electron chi connectivity index (χ1n) is 9.80. The molecule has 0 aliphatic carbocycles. The fraction of sp³-hybridized carbons (Fsp3) is 0.318. The second kappa shape index (κ2) is 12.2. The summed E-state index contributed by atoms with van der Waals surface area (Å²) in [5, 5.41) is 13.5. The molecule has 3 N–H and O–H groups in total. The number of halogens is 1. The summed E-state index contributed by atoms with van der Waals surface area (Å²) >= 11 is 0. The summed E-state index contributed by atoms with van der Waals surface area (Å²) in [6.07, 6.45) is 2.40. The smallest absolute Gasteiger partial charge is 0.191 e. The largest absolute Gasteiger partial charge is 0.496 e. The second-order valence-electron chi connectivity index (χ2n) is 6.71. The number of aliphatic imine (C=N–C) groups is 1. The number of guanidine groups is 1. The lowest BCUT2D eigenvalue weighted by molar-refractivity contribution is 0.411. The molecule has 0 saturated heterocycles. The topological polar surface area (TPSA) is 87.2 Å². The van der Waals surface area contributed by atoms with Crippen molar-refractivity contribution in [3.05, 3.63) is 65.5 Å². The number of ether oxygens (including phenoxy) is 1. The van der Waals surface area contributed by atoms with E-state index in [-0.39, 0.29) is 24.0 Å². The number of aromatic amines is 1. The van der Waals surface area contributed by atoms with E-state index in [9.17, 15) is 0 Å². The van der Waals surface area contributed by atoms with Crippen LogP contribution in [-0.2, 0) is 13.0 Å². The monoisotopic (exact) mass is 520 g/mol. The molecule has 0 amide bonds. The fourth-order valence-corrected chi connectivity index (χ4v) is 3.02. The summed E-state index contributed by atoms with van der Waals surface area (Å²) in [6, 6.07) is 14.5. The van der Waals surface area contributed by atoms with Crippen LogP contribution in [0.2, 0.25) is 0 Å². The van der Waals surface area contributed by atoms with E-state index in [4.69, 9.17) is 9.73 Å². The Labute approximate surface area is 194 Å². The Morgan fingerprint density at radius 3 is 2.73 bits per heavy atom. The minimum absolute atomic E-state index is 0. The molecule has 0 aliphatic rings. The zero-order chi connectivity index (χ0) is 20.5. The van der Waals surface area contributed by atoms with Crippen LogP contribution in [0.3, 0.4) is 0 Å². The van der Waals surface area contributed by atoms with Crippen molar-refractivity contribution in [2.45, 2.75) is 26.8 Å². The molecule has 3 aromatic rings. The van der Waals surface area contributed by atoms with Crippen LogP contribution in [0.5, 0.6) is 5.75 Å². The molecule has 30 heavy (non-hydrogen) atoms. The van der Waals surface area contributed by atoms with Gasteiger partial charge in [0.05, 0.1) is 13.7 Å². The summed E-state index contributed by atoms with van der Waals surface area (Å²) in [4.78, 5) is 8.91. The summed E-state index contributed by atoms with van der Waals surface area (Å²) in [5.74, 6) is 2.49. The molecule has 3 rings (SSSR count). The number of hydrogen-bond acceptors (Lipinski definition) is 4. The number of H-pyrrole nitrogens is 1. The number of benzene rings is 2. The van der Waals surface area contributed by atoms with Gasteiger partial charge in [-0.1, -0.05) is 30.3 Å². The predicted octanol–water partition coefficient (Wildman–Crippen LogP) is 3.70. The van der Waals surface area contributed by atoms with Gasteiger partial charge in [-0.05, 0) is 49.1 Å². The van der Waals surface area contributed by atoms with Crippen LogP contribution in [0.25, 0.3) is 11.4 Å². The molecule has 1 aromatic heterocycles. The van der Waals surface area contributed by atoms with Crippen LogP contribution in [0.1, 0.15) is 23.6 Å². The highest BCUT2D eigenvalue weighted by molar-refractivity contribution is 14.0. The van der Waals surface area contributed by atoms with Crippen LogP contribution in [-0.4, -0.2) is 41.3 Å². The maximum Gasteiger partial charge on any atom is 0.191 e. The van der Waals surface area contributed by atoms with E-state index >= 15 is 0 Å². The molecule has 0 spiro atoms. The summed E-state index contributed by atoms with van der Waals surface area (Å²) in [5.41, 5.74) is 4.49. The van der Waals surface area contributed by atoms with Crippen molar-refractivity contribution in [1.82, 2.24) is 25.8 Å². The van der Waals surface area contributed by atoms with Crippen molar-refractivity contribution in [3.63, 3.8) is 0 Å². The van der Waals surface area contributed by atoms with E-state index in [2.05, 4.69) is 63.1 Å². The van der Waals surface area contributed by atoms with Crippen molar-refractivity contribution >= 4 is 29.9 Å². The quantitative estimate of drug-likeness (QED) is 0.240. The highest BCUT2D eigenvalue weighted by atomic mass is 127. The van der Waals surface area contributed by atoms with Gasteiger partial charge in [-0.2, -0.15) is 5.10 Å². The number of aryl methyl sites for hydroxylation is 1. The molecule has 0 saturated carbocycles. The number of hydrogen-bond donors (Lipinski definition) is 3. The van der Waals surface area contributed by atoms with Crippen LogP contribution in [0.4, 0.5) is 0 Å². The van der Waals surface area contributed by atoms with Crippen molar-refractivity contribution < 1.29 is 4.74 Å². The first-order chi connectivity index (χ1) is 14.2. The van der Waals surface area contributed by atoms with Gasteiger partial charge in [0.1, 0.15) is 12.1 Å². The fourth-order valence-electron chi connectivity index (χ4n) is 3.02. The Balaban J connectivity index is 0.00000320. The zero-order valence-electron chi connectivity index (χ0n) is 17.6. The SMILES string of the molecule is CCNC(=NCc1cccc(-c2ncn[nH]2)c1)NCCc1ccc(C)c(OC)c1.I. The third-order valence-electron chi connectivity index (χ3n) is 4.56. The van der Waals surface area contributed by atoms with E-state index in [0.717, 1.165) is 53.7 Å². The summed E-state index contributed by atoms with van der Waals surface area (Å²) < 4.78 is 5.41. The normalized spacial score (nSPS) is 11.0. The highest BCUT2D eigenvalue weighted by Gasteiger charge is 2.04. The molecule has 2 aromatic carbocycles. The van der Waals surface area contributed by atoms with Crippen molar-refractivity contribution in [2.24, 2.45) is 4.99 Å². The lowest BCUT2D eigenvalue weighted by atomic mass is 10.1. The Hall–Kier alpha value is -2.62. The van der Waals surface area contributed by atoms with Crippen molar-refractivity contribution in [2.75, 3.05) is 20.2 Å². The third-order valence-corrected chi connectivity index (χ3v) is 4.56. The number of nitrogens with one attached hydrogen (secondary N) is 3. The van der Waals surface area contributed by atoms with Crippen LogP contribution < -0.4 is 15.4 Å². The Morgan fingerprint density at radius 1 is 1.13 bits per heavy atom. The zero-order valence-corrected chi connectivity index (χ0v) is 19.9. The van der Waals surface area contributed by atoms with Crippen molar-refractivity contribution in [3.8, 4) is 17.1 Å². The molecule has 0 aliphatic heterocycles. The third kappa shape index (κ3) is 6.72. The number of rotatable bonds is 8. The number of methoxy groups -OCH3 is 1. The first-order valence-corrected chi connectivity index (χ1v) is 9.80. The molecule has 1 heterocycles. The molecule has 160 valence electrons. The van der Waals surface area contributed by atoms with E-state index in [1.54, 1.807) is 7.11 Å². The average molecular weight is 520 g/mol. The van der Waals surface area contributed by atoms with Gasteiger partial charge in [-0.25, -0.2) is 9.98 Å². The standard InChI is InChI=1S/C22H28N6O.HI/c1-4-23-22(24-11-10-17-9-8-16(2)20(13-17)29-3)25-14-18-6-5-7-19(12-18)21-26-15-27-28-21;/h5-9,12-13,15H,4,10-11,14H2,1-3H3,(H2,23,24,25)(H,26,27,28);1H. The molecule has 0 unspecified atom stereocenters. The molecular weight excluding hydrogens is 491 g/mol. The summed E-state index contributed by atoms with van der Waals surface area (Å²) in [6.45, 7) is 6.29. The van der Waals surface area contributed by atoms with Gasteiger partial charge in [0.15, 0.2) is 11.8 Å². The molecule has 0 fully saturated rings. The van der Waals surface area contributed by atoms with E-state index in [1.807, 2.05) is 19.1 Å². The van der Waals surface area contributed by atoms with E-state index in [0.29, 0.717) is 6.54 Å². The van der Waals surface area contributed by atoms with Gasteiger partial charge in [-0.15, -0.1) is 24.0 Å². The lowest BCUT2D eigenvalue weighted by Gasteiger charge is -2.12. The maximum absolute atomic E-state index is 5.41. The molecular formula is C22H29IN6O. The first kappa shape index (κ1) is 23.7. The molecule has 0 radical (unpaired) electrons. The van der Waals surface area contributed by atoms with Crippen LogP contribution in [0.15, 0.2) is 53.8 Å². The van der Waals surface area contributed by atoms with Gasteiger partial charge < -0.3 is 15.4 Å². The molecule has 8 heteroatoms. The average Bonchev–Trinajstić information content (AvgIpc) is 3.28. The second-order valence-corrected chi connectivity index (χ2v) is 6.71.